The van der Waals surface area contributed by atoms with Gasteiger partial charge in [0.15, 0.2) is 0 Å². The fourth-order valence-corrected chi connectivity index (χ4v) is 3.57. The smallest absolute Gasteiger partial charge is 0.268 e. The van der Waals surface area contributed by atoms with Gasteiger partial charge in [0.1, 0.15) is 4.90 Å². The van der Waals surface area contributed by atoms with Crippen molar-refractivity contribution >= 4 is 15.9 Å². The van der Waals surface area contributed by atoms with E-state index in [1.165, 1.54) is 18.6 Å². The van der Waals surface area contributed by atoms with Crippen LogP contribution in [0.15, 0.2) is 29.6 Å². The van der Waals surface area contributed by atoms with Crippen LogP contribution in [-0.4, -0.2) is 29.1 Å². The first-order valence-corrected chi connectivity index (χ1v) is 8.00. The van der Waals surface area contributed by atoms with Crippen molar-refractivity contribution in [1.29, 1.82) is 0 Å². The average Bonchev–Trinajstić information content (AvgIpc) is 3.00. The summed E-state index contributed by atoms with van der Waals surface area (Å²) in [6, 6.07) is 1.58. The quantitative estimate of drug-likeness (QED) is 0.898. The highest BCUT2D eigenvalue weighted by Gasteiger charge is 2.26. The highest BCUT2D eigenvalue weighted by Crippen LogP contribution is 2.19. The predicted octanol–water partition coefficient (Wildman–Crippen LogP) is 0.651. The predicted molar refractivity (Wildman–Crippen MR) is 74.2 cm³/mol. The molecule has 0 unspecified atom stereocenters. The Balaban J connectivity index is 1.89. The van der Waals surface area contributed by atoms with Gasteiger partial charge in [-0.05, 0) is 31.4 Å². The molecule has 0 aliphatic carbocycles. The number of fused-ring (bicyclic) bond motifs is 1. The summed E-state index contributed by atoms with van der Waals surface area (Å²) in [6.45, 7) is 2.41. The molecule has 110 valence electrons. The zero-order valence-electron chi connectivity index (χ0n) is 11.4. The van der Waals surface area contributed by atoms with Gasteiger partial charge in [-0.3, -0.25) is 14.5 Å². The molecule has 0 saturated carbocycles. The number of carbonyl (C=O) groups excluding carboxylic acids is 1. The fraction of sp³-hybridized carbons (Fsp3) is 0.308. The van der Waals surface area contributed by atoms with Crippen molar-refractivity contribution in [2.75, 3.05) is 0 Å². The van der Waals surface area contributed by atoms with Crippen LogP contribution in [-0.2, 0) is 23.0 Å². The van der Waals surface area contributed by atoms with Crippen LogP contribution >= 0.6 is 0 Å². The minimum Gasteiger partial charge on any atom is -0.269 e. The van der Waals surface area contributed by atoms with E-state index >= 15 is 0 Å². The maximum Gasteiger partial charge on any atom is 0.268 e. The van der Waals surface area contributed by atoms with E-state index in [2.05, 4.69) is 14.8 Å². The van der Waals surface area contributed by atoms with Gasteiger partial charge < -0.3 is 0 Å². The molecule has 0 atom stereocenters. The molecule has 7 nitrogen and oxygen atoms in total. The van der Waals surface area contributed by atoms with E-state index in [1.54, 1.807) is 17.7 Å². The van der Waals surface area contributed by atoms with Gasteiger partial charge in [0, 0.05) is 18.9 Å². The number of pyridine rings is 1. The molecular weight excluding hydrogens is 292 g/mol. The monoisotopic (exact) mass is 306 g/mol. The van der Waals surface area contributed by atoms with Gasteiger partial charge in [-0.1, -0.05) is 0 Å². The molecule has 0 spiro atoms. The molecule has 0 aromatic carbocycles. The number of carbonyl (C=O) groups is 1. The summed E-state index contributed by atoms with van der Waals surface area (Å²) in [6.07, 6.45) is 5.79. The van der Waals surface area contributed by atoms with Gasteiger partial charge in [0.2, 0.25) is 0 Å². The van der Waals surface area contributed by atoms with E-state index in [9.17, 15) is 13.2 Å². The van der Waals surface area contributed by atoms with E-state index in [0.717, 1.165) is 25.1 Å². The van der Waals surface area contributed by atoms with Crippen molar-refractivity contribution in [3.63, 3.8) is 0 Å². The van der Waals surface area contributed by atoms with E-state index in [1.807, 2.05) is 0 Å². The lowest BCUT2D eigenvalue weighted by molar-refractivity contribution is 0.0980. The molecule has 2 aromatic heterocycles. The number of rotatable bonds is 3. The molecule has 8 heteroatoms. The van der Waals surface area contributed by atoms with Gasteiger partial charge in [0.25, 0.3) is 15.9 Å². The zero-order valence-corrected chi connectivity index (χ0v) is 12.2. The third-order valence-electron chi connectivity index (χ3n) is 3.48. The first-order valence-electron chi connectivity index (χ1n) is 6.51. The van der Waals surface area contributed by atoms with Crippen molar-refractivity contribution in [1.82, 2.24) is 19.5 Å². The average molecular weight is 306 g/mol. The number of hydrogen-bond donors (Lipinski definition) is 1. The van der Waals surface area contributed by atoms with Crippen LogP contribution in [0.2, 0.25) is 0 Å². The number of nitrogens with zero attached hydrogens (tertiary/aromatic N) is 3. The highest BCUT2D eigenvalue weighted by atomic mass is 32.2. The molecule has 0 radical (unpaired) electrons. The number of aromatic nitrogens is 3. The molecule has 0 saturated heterocycles. The van der Waals surface area contributed by atoms with Crippen LogP contribution < -0.4 is 4.72 Å². The van der Waals surface area contributed by atoms with Gasteiger partial charge in [0.05, 0.1) is 17.5 Å². The minimum atomic E-state index is -3.93. The molecule has 2 aromatic rings. The largest absolute Gasteiger partial charge is 0.269 e. The van der Waals surface area contributed by atoms with Crippen molar-refractivity contribution in [3.05, 3.63) is 41.5 Å². The Bertz CT molecular complexity index is 811. The van der Waals surface area contributed by atoms with E-state index in [0.29, 0.717) is 11.1 Å². The Morgan fingerprint density at radius 2 is 2.19 bits per heavy atom. The van der Waals surface area contributed by atoms with E-state index in [4.69, 9.17) is 0 Å². The summed E-state index contributed by atoms with van der Waals surface area (Å²) in [4.78, 5) is 16.0. The van der Waals surface area contributed by atoms with Gasteiger partial charge in [-0.2, -0.15) is 5.10 Å². The summed E-state index contributed by atoms with van der Waals surface area (Å²) in [5.41, 5.74) is 1.63. The summed E-state index contributed by atoms with van der Waals surface area (Å²) in [5, 5.41) is 4.09. The van der Waals surface area contributed by atoms with Gasteiger partial charge >= 0.3 is 0 Å². The minimum absolute atomic E-state index is 0.00200. The summed E-state index contributed by atoms with van der Waals surface area (Å²) in [7, 11) is -3.93. The zero-order chi connectivity index (χ0) is 15.0. The second-order valence-corrected chi connectivity index (χ2v) is 6.56. The van der Waals surface area contributed by atoms with Crippen LogP contribution in [0, 0.1) is 6.92 Å². The molecular formula is C13H14N4O3S. The molecule has 1 aliphatic heterocycles. The number of nitrogens with one attached hydrogen (secondary N) is 1. The van der Waals surface area contributed by atoms with E-state index < -0.39 is 15.9 Å². The lowest BCUT2D eigenvalue weighted by Gasteiger charge is -2.08. The number of hydrogen-bond acceptors (Lipinski definition) is 5. The molecule has 1 amide bonds. The van der Waals surface area contributed by atoms with E-state index in [-0.39, 0.29) is 4.90 Å². The Kier molecular flexibility index (Phi) is 3.25. The molecule has 21 heavy (non-hydrogen) atoms. The Morgan fingerprint density at radius 3 is 2.95 bits per heavy atom. The van der Waals surface area contributed by atoms with Gasteiger partial charge in [-0.25, -0.2) is 13.1 Å². The Morgan fingerprint density at radius 1 is 1.38 bits per heavy atom. The molecule has 0 bridgehead atoms. The molecule has 1 aliphatic rings. The standard InChI is InChI=1S/C13H14N4O3S/c1-9-4-5-14-8-12(9)21(19,20)16-13(18)10-7-15-17-6-2-3-11(10)17/h4-5,7-8H,2-3,6H2,1H3,(H,16,18). The molecule has 3 heterocycles. The van der Waals surface area contributed by atoms with Crippen molar-refractivity contribution in [2.45, 2.75) is 31.2 Å². The van der Waals surface area contributed by atoms with Crippen molar-refractivity contribution in [2.24, 2.45) is 0 Å². The van der Waals surface area contributed by atoms with Crippen molar-refractivity contribution in [3.8, 4) is 0 Å². The van der Waals surface area contributed by atoms with Crippen LogP contribution in [0.25, 0.3) is 0 Å². The Hall–Kier alpha value is -2.22. The highest BCUT2D eigenvalue weighted by molar-refractivity contribution is 7.90. The summed E-state index contributed by atoms with van der Waals surface area (Å²) in [5.74, 6) is -0.651. The topological polar surface area (TPSA) is 93.9 Å². The molecule has 3 rings (SSSR count). The lowest BCUT2D eigenvalue weighted by Crippen LogP contribution is -2.31. The number of sulfonamides is 1. The fourth-order valence-electron chi connectivity index (χ4n) is 2.42. The first-order chi connectivity index (χ1) is 9.99. The second-order valence-electron chi connectivity index (χ2n) is 4.91. The van der Waals surface area contributed by atoms with Crippen molar-refractivity contribution < 1.29 is 13.2 Å². The van der Waals surface area contributed by atoms with Crippen LogP contribution in [0.1, 0.15) is 28.0 Å². The second kappa shape index (κ2) is 4.96. The van der Waals surface area contributed by atoms with Crippen LogP contribution in [0.4, 0.5) is 0 Å². The SMILES string of the molecule is Cc1ccncc1S(=O)(=O)NC(=O)c1cnn2c1CCC2. The molecule has 1 N–H and O–H groups in total. The lowest BCUT2D eigenvalue weighted by atomic mass is 10.2. The maximum absolute atomic E-state index is 12.3. The summed E-state index contributed by atoms with van der Waals surface area (Å²) >= 11 is 0. The normalized spacial score (nSPS) is 14.0. The first kappa shape index (κ1) is 13.7. The Labute approximate surface area is 122 Å². The summed E-state index contributed by atoms with van der Waals surface area (Å²) < 4.78 is 28.3. The number of aryl methyl sites for hydroxylation is 2. The van der Waals surface area contributed by atoms with Crippen LogP contribution in [0.5, 0.6) is 0 Å². The third kappa shape index (κ3) is 2.42. The number of amides is 1. The van der Waals surface area contributed by atoms with Crippen LogP contribution in [0.3, 0.4) is 0 Å². The van der Waals surface area contributed by atoms with Gasteiger partial charge in [-0.15, -0.1) is 0 Å². The maximum atomic E-state index is 12.3. The molecule has 0 fully saturated rings. The third-order valence-corrected chi connectivity index (χ3v) is 4.94.